The minimum absolute atomic E-state index is 0.0253. The monoisotopic (exact) mass is 478 g/mol. The topological polar surface area (TPSA) is 105 Å². The summed E-state index contributed by atoms with van der Waals surface area (Å²) < 4.78 is 5.71. The smallest absolute Gasteiger partial charge is 0.407 e. The second-order valence-electron chi connectivity index (χ2n) is 9.53. The Balaban J connectivity index is 1.40. The third-order valence-corrected chi connectivity index (χ3v) is 7.26. The third kappa shape index (κ3) is 5.84. The largest absolute Gasteiger partial charge is 0.481 e. The number of alkyl carbamates (subject to hydrolysis) is 1. The molecule has 186 valence electrons. The van der Waals surface area contributed by atoms with Crippen molar-refractivity contribution in [2.24, 2.45) is 5.92 Å². The summed E-state index contributed by atoms with van der Waals surface area (Å²) in [6, 6.07) is 15.6. The Hall–Kier alpha value is -3.35. The number of ether oxygens (including phenoxy) is 1. The molecule has 35 heavy (non-hydrogen) atoms. The molecule has 0 aliphatic heterocycles. The number of nitrogens with one attached hydrogen (secondary N) is 2. The van der Waals surface area contributed by atoms with Gasteiger partial charge in [-0.25, -0.2) is 4.79 Å². The highest BCUT2D eigenvalue weighted by atomic mass is 16.5. The molecule has 0 radical (unpaired) electrons. The summed E-state index contributed by atoms with van der Waals surface area (Å²) in [6.07, 6.45) is 4.07. The van der Waals surface area contributed by atoms with Gasteiger partial charge in [-0.1, -0.05) is 74.7 Å². The first kappa shape index (κ1) is 24.8. The summed E-state index contributed by atoms with van der Waals surface area (Å²) in [5.41, 5.74) is 4.64. The number of carboxylic acid groups (broad SMARTS) is 1. The molecule has 2 aromatic carbocycles. The lowest BCUT2D eigenvalue weighted by Gasteiger charge is -2.27. The van der Waals surface area contributed by atoms with Crippen LogP contribution in [0.2, 0.25) is 0 Å². The van der Waals surface area contributed by atoms with Gasteiger partial charge in [0.05, 0.1) is 12.3 Å². The van der Waals surface area contributed by atoms with Crippen molar-refractivity contribution in [3.63, 3.8) is 0 Å². The Morgan fingerprint density at radius 3 is 2.23 bits per heavy atom. The summed E-state index contributed by atoms with van der Waals surface area (Å²) in [5, 5.41) is 14.9. The highest BCUT2D eigenvalue weighted by molar-refractivity contribution is 5.82. The molecule has 4 rings (SSSR count). The van der Waals surface area contributed by atoms with Crippen LogP contribution in [-0.2, 0) is 14.3 Å². The van der Waals surface area contributed by atoms with Gasteiger partial charge >= 0.3 is 12.1 Å². The van der Waals surface area contributed by atoms with Gasteiger partial charge in [-0.3, -0.25) is 9.59 Å². The zero-order valence-corrected chi connectivity index (χ0v) is 20.2. The minimum atomic E-state index is -0.939. The number of hydrogen-bond acceptors (Lipinski definition) is 4. The van der Waals surface area contributed by atoms with Gasteiger partial charge in [0.25, 0.3) is 0 Å². The maximum Gasteiger partial charge on any atom is 0.407 e. The Morgan fingerprint density at radius 1 is 0.971 bits per heavy atom. The van der Waals surface area contributed by atoms with E-state index in [0.717, 1.165) is 30.4 Å². The van der Waals surface area contributed by atoms with Crippen LogP contribution < -0.4 is 10.6 Å². The van der Waals surface area contributed by atoms with E-state index in [4.69, 9.17) is 9.84 Å². The lowest BCUT2D eigenvalue weighted by Crippen LogP contribution is -2.49. The zero-order chi connectivity index (χ0) is 24.8. The molecule has 7 heteroatoms. The molecule has 0 heterocycles. The van der Waals surface area contributed by atoms with Gasteiger partial charge in [-0.2, -0.15) is 0 Å². The molecule has 2 aliphatic carbocycles. The van der Waals surface area contributed by atoms with Gasteiger partial charge in [-0.15, -0.1) is 0 Å². The molecule has 2 amide bonds. The van der Waals surface area contributed by atoms with E-state index >= 15 is 0 Å². The van der Waals surface area contributed by atoms with Gasteiger partial charge in [0, 0.05) is 18.0 Å². The van der Waals surface area contributed by atoms with Crippen molar-refractivity contribution < 1.29 is 24.2 Å². The van der Waals surface area contributed by atoms with Crippen molar-refractivity contribution in [3.05, 3.63) is 59.7 Å². The Bertz CT molecular complexity index is 1020. The van der Waals surface area contributed by atoms with Gasteiger partial charge in [0.2, 0.25) is 5.91 Å². The molecule has 2 aromatic rings. The number of carbonyl (C=O) groups is 3. The van der Waals surface area contributed by atoms with Crippen molar-refractivity contribution in [1.82, 2.24) is 10.6 Å². The van der Waals surface area contributed by atoms with E-state index in [2.05, 4.69) is 34.9 Å². The number of aliphatic carboxylic acids is 1. The first-order chi connectivity index (χ1) is 17.0. The van der Waals surface area contributed by atoms with Gasteiger partial charge in [-0.05, 0) is 41.5 Å². The van der Waals surface area contributed by atoms with Gasteiger partial charge < -0.3 is 20.5 Å². The third-order valence-electron chi connectivity index (χ3n) is 7.26. The predicted molar refractivity (Wildman–Crippen MR) is 133 cm³/mol. The van der Waals surface area contributed by atoms with E-state index in [1.165, 1.54) is 11.1 Å². The van der Waals surface area contributed by atoms with Crippen molar-refractivity contribution >= 4 is 18.0 Å². The SMILES string of the molecule is CCC(CC(=O)O)NC(=O)C1CCCCCC1NC(=O)OCC1c2ccccc2-c2ccccc21. The fourth-order valence-corrected chi connectivity index (χ4v) is 5.40. The fraction of sp³-hybridized carbons (Fsp3) is 0.464. The summed E-state index contributed by atoms with van der Waals surface area (Å²) in [6.45, 7) is 2.08. The molecular formula is C28H34N2O5. The number of amides is 2. The zero-order valence-electron chi connectivity index (χ0n) is 20.2. The second kappa shape index (κ2) is 11.4. The number of carbonyl (C=O) groups excluding carboxylic acids is 2. The molecule has 0 aromatic heterocycles. The number of carboxylic acids is 1. The molecular weight excluding hydrogens is 444 g/mol. The van der Waals surface area contributed by atoms with E-state index < -0.39 is 24.0 Å². The summed E-state index contributed by atoms with van der Waals surface area (Å²) in [4.78, 5) is 37.0. The maximum atomic E-state index is 13.0. The average Bonchev–Trinajstić information content (AvgIpc) is 2.98. The second-order valence-corrected chi connectivity index (χ2v) is 9.53. The summed E-state index contributed by atoms with van der Waals surface area (Å²) >= 11 is 0. The summed E-state index contributed by atoms with van der Waals surface area (Å²) in [5.74, 6) is -1.56. The molecule has 3 N–H and O–H groups in total. The van der Waals surface area contributed by atoms with E-state index in [1.807, 2.05) is 31.2 Å². The normalized spacial score (nSPS) is 20.1. The predicted octanol–water partition coefficient (Wildman–Crippen LogP) is 4.84. The average molecular weight is 479 g/mol. The molecule has 0 spiro atoms. The fourth-order valence-electron chi connectivity index (χ4n) is 5.40. The van der Waals surface area contributed by atoms with Crippen LogP contribution in [-0.4, -0.2) is 41.8 Å². The molecule has 1 saturated carbocycles. The Labute approximate surface area is 206 Å². The van der Waals surface area contributed by atoms with Crippen LogP contribution in [0.4, 0.5) is 4.79 Å². The number of benzene rings is 2. The van der Waals surface area contributed by atoms with E-state index in [9.17, 15) is 14.4 Å². The van der Waals surface area contributed by atoms with Crippen LogP contribution in [0.1, 0.15) is 68.9 Å². The van der Waals surface area contributed by atoms with Gasteiger partial charge in [0.15, 0.2) is 0 Å². The van der Waals surface area contributed by atoms with Crippen LogP contribution in [0.5, 0.6) is 0 Å². The van der Waals surface area contributed by atoms with Gasteiger partial charge in [0.1, 0.15) is 6.61 Å². The lowest BCUT2D eigenvalue weighted by molar-refractivity contribution is -0.137. The standard InChI is InChI=1S/C28H34N2O5/c1-2-18(16-26(31)32)29-27(33)23-14-4-3-5-15-25(23)30-28(34)35-17-24-21-12-8-6-10-19(21)20-11-7-9-13-22(20)24/h6-13,18,23-25H,2-5,14-17H2,1H3,(H,29,33)(H,30,34)(H,31,32). The van der Waals surface area contributed by atoms with Crippen molar-refractivity contribution in [1.29, 1.82) is 0 Å². The highest BCUT2D eigenvalue weighted by Crippen LogP contribution is 2.44. The first-order valence-corrected chi connectivity index (χ1v) is 12.6. The molecule has 3 atom stereocenters. The van der Waals surface area contributed by atoms with E-state index in [-0.39, 0.29) is 30.9 Å². The quantitative estimate of drug-likeness (QED) is 0.471. The maximum absolute atomic E-state index is 13.0. The lowest BCUT2D eigenvalue weighted by atomic mass is 9.93. The molecule has 0 bridgehead atoms. The number of hydrogen-bond donors (Lipinski definition) is 3. The van der Waals surface area contributed by atoms with Crippen molar-refractivity contribution in [3.8, 4) is 11.1 Å². The van der Waals surface area contributed by atoms with Crippen LogP contribution in [0.3, 0.4) is 0 Å². The first-order valence-electron chi connectivity index (χ1n) is 12.6. The molecule has 1 fully saturated rings. The molecule has 7 nitrogen and oxygen atoms in total. The van der Waals surface area contributed by atoms with E-state index in [0.29, 0.717) is 19.3 Å². The van der Waals surface area contributed by atoms with Crippen LogP contribution in [0.25, 0.3) is 11.1 Å². The highest BCUT2D eigenvalue weighted by Gasteiger charge is 2.33. The molecule has 0 saturated heterocycles. The van der Waals surface area contributed by atoms with Crippen LogP contribution in [0, 0.1) is 5.92 Å². The minimum Gasteiger partial charge on any atom is -0.481 e. The Kier molecular flexibility index (Phi) is 8.06. The Morgan fingerprint density at radius 2 is 1.60 bits per heavy atom. The summed E-state index contributed by atoms with van der Waals surface area (Å²) in [7, 11) is 0. The molecule has 2 aliphatic rings. The van der Waals surface area contributed by atoms with Crippen LogP contribution >= 0.6 is 0 Å². The van der Waals surface area contributed by atoms with Crippen molar-refractivity contribution in [2.45, 2.75) is 69.9 Å². The number of rotatable bonds is 8. The van der Waals surface area contributed by atoms with Crippen LogP contribution in [0.15, 0.2) is 48.5 Å². The van der Waals surface area contributed by atoms with E-state index in [1.54, 1.807) is 0 Å². The number of fused-ring (bicyclic) bond motifs is 3. The van der Waals surface area contributed by atoms with Crippen molar-refractivity contribution in [2.75, 3.05) is 6.61 Å². The molecule has 3 unspecified atom stereocenters.